The second-order valence-corrected chi connectivity index (χ2v) is 5.39. The Morgan fingerprint density at radius 3 is 3.15 bits per heavy atom. The van der Waals surface area contributed by atoms with Crippen LogP contribution in [0.3, 0.4) is 0 Å². The Morgan fingerprint density at radius 1 is 1.50 bits per heavy atom. The van der Waals surface area contributed by atoms with E-state index in [1.54, 1.807) is 0 Å². The van der Waals surface area contributed by atoms with Crippen LogP contribution in [0.4, 0.5) is 0 Å². The number of pyridine rings is 1. The van der Waals surface area contributed by atoms with E-state index < -0.39 is 0 Å². The van der Waals surface area contributed by atoms with Crippen molar-refractivity contribution >= 4 is 0 Å². The van der Waals surface area contributed by atoms with Gasteiger partial charge in [-0.05, 0) is 25.0 Å². The molecule has 1 N–H and O–H groups in total. The molecule has 0 fully saturated rings. The summed E-state index contributed by atoms with van der Waals surface area (Å²) in [6.07, 6.45) is 6.77. The fourth-order valence-corrected chi connectivity index (χ4v) is 2.73. The Hall–Kier alpha value is -1.75. The van der Waals surface area contributed by atoms with E-state index in [0.717, 1.165) is 37.5 Å². The Morgan fingerprint density at radius 2 is 2.40 bits per heavy atom. The smallest absolute Gasteiger partial charge is 0.150 e. The van der Waals surface area contributed by atoms with Gasteiger partial charge in [-0.2, -0.15) is 5.10 Å². The molecule has 0 bridgehead atoms. The van der Waals surface area contributed by atoms with Gasteiger partial charge in [-0.25, -0.2) is 9.67 Å². The second-order valence-electron chi connectivity index (χ2n) is 5.39. The average molecular weight is 271 g/mol. The van der Waals surface area contributed by atoms with E-state index >= 15 is 0 Å². The first kappa shape index (κ1) is 13.2. The molecule has 20 heavy (non-hydrogen) atoms. The third-order valence-corrected chi connectivity index (χ3v) is 3.89. The molecule has 3 heterocycles. The summed E-state index contributed by atoms with van der Waals surface area (Å²) in [6, 6.07) is 4.86. The molecule has 5 heteroatoms. The Balaban J connectivity index is 1.65. The Kier molecular flexibility index (Phi) is 3.78. The van der Waals surface area contributed by atoms with Crippen LogP contribution in [-0.2, 0) is 19.4 Å². The first-order valence-corrected chi connectivity index (χ1v) is 7.35. The first-order chi connectivity index (χ1) is 9.76. The van der Waals surface area contributed by atoms with Crippen LogP contribution in [0.1, 0.15) is 43.5 Å². The summed E-state index contributed by atoms with van der Waals surface area (Å²) < 4.78 is 2.07. The molecule has 2 atom stereocenters. The molecule has 0 saturated carbocycles. The number of hydrogen-bond acceptors (Lipinski definition) is 4. The molecule has 0 saturated heterocycles. The van der Waals surface area contributed by atoms with Gasteiger partial charge in [0, 0.05) is 37.3 Å². The number of nitrogens with zero attached hydrogens (tertiary/aromatic N) is 4. The SMILES string of the molecule is CCc1nc2n(n1)C[C@H](N[C@H](C)c1cccnc1)CC2. The van der Waals surface area contributed by atoms with Crippen LogP contribution >= 0.6 is 0 Å². The molecular formula is C15H21N5. The van der Waals surface area contributed by atoms with E-state index in [1.807, 2.05) is 18.5 Å². The zero-order valence-electron chi connectivity index (χ0n) is 12.1. The highest BCUT2D eigenvalue weighted by Gasteiger charge is 2.22. The zero-order chi connectivity index (χ0) is 13.9. The highest BCUT2D eigenvalue weighted by atomic mass is 15.4. The molecule has 1 aliphatic heterocycles. The maximum Gasteiger partial charge on any atom is 0.150 e. The van der Waals surface area contributed by atoms with Crippen LogP contribution in [0.5, 0.6) is 0 Å². The van der Waals surface area contributed by atoms with Gasteiger partial charge in [0.25, 0.3) is 0 Å². The summed E-state index contributed by atoms with van der Waals surface area (Å²) in [7, 11) is 0. The summed E-state index contributed by atoms with van der Waals surface area (Å²) >= 11 is 0. The number of aromatic nitrogens is 4. The number of rotatable bonds is 4. The van der Waals surface area contributed by atoms with Crippen molar-refractivity contribution in [1.82, 2.24) is 25.1 Å². The van der Waals surface area contributed by atoms with Gasteiger partial charge in [0.05, 0.1) is 6.54 Å². The van der Waals surface area contributed by atoms with Gasteiger partial charge in [-0.1, -0.05) is 13.0 Å². The van der Waals surface area contributed by atoms with Gasteiger partial charge in [-0.15, -0.1) is 0 Å². The van der Waals surface area contributed by atoms with Crippen molar-refractivity contribution in [2.24, 2.45) is 0 Å². The molecule has 0 aliphatic carbocycles. The average Bonchev–Trinajstić information content (AvgIpc) is 2.90. The van der Waals surface area contributed by atoms with Crippen molar-refractivity contribution in [2.75, 3.05) is 0 Å². The van der Waals surface area contributed by atoms with Crippen molar-refractivity contribution in [3.8, 4) is 0 Å². The fourth-order valence-electron chi connectivity index (χ4n) is 2.73. The standard InChI is InChI=1S/C15H21N5/c1-3-14-18-15-7-6-13(10-20(15)19-14)17-11(2)12-5-4-8-16-9-12/h4-5,8-9,11,13,17H,3,6-7,10H2,1-2H3/t11-,13-/m1/s1. The summed E-state index contributed by atoms with van der Waals surface area (Å²) in [5, 5.41) is 8.23. The minimum atomic E-state index is 0.310. The molecule has 5 nitrogen and oxygen atoms in total. The van der Waals surface area contributed by atoms with Gasteiger partial charge < -0.3 is 5.32 Å². The maximum atomic E-state index is 4.56. The molecule has 0 aromatic carbocycles. The predicted molar refractivity (Wildman–Crippen MR) is 77.3 cm³/mol. The third kappa shape index (κ3) is 2.72. The van der Waals surface area contributed by atoms with Gasteiger partial charge in [0.2, 0.25) is 0 Å². The molecule has 0 amide bonds. The Labute approximate surface area is 119 Å². The summed E-state index contributed by atoms with van der Waals surface area (Å²) in [5.74, 6) is 2.09. The van der Waals surface area contributed by atoms with Crippen molar-refractivity contribution in [3.63, 3.8) is 0 Å². The van der Waals surface area contributed by atoms with Crippen molar-refractivity contribution in [2.45, 2.75) is 51.7 Å². The fraction of sp³-hybridized carbons (Fsp3) is 0.533. The van der Waals surface area contributed by atoms with Crippen molar-refractivity contribution in [3.05, 3.63) is 41.7 Å². The molecule has 2 aromatic rings. The largest absolute Gasteiger partial charge is 0.306 e. The molecule has 2 aromatic heterocycles. The quantitative estimate of drug-likeness (QED) is 0.923. The summed E-state index contributed by atoms with van der Waals surface area (Å²) in [4.78, 5) is 8.74. The highest BCUT2D eigenvalue weighted by molar-refractivity contribution is 5.13. The lowest BCUT2D eigenvalue weighted by atomic mass is 10.0. The lowest BCUT2D eigenvalue weighted by Gasteiger charge is -2.27. The molecule has 0 spiro atoms. The van der Waals surface area contributed by atoms with E-state index in [9.17, 15) is 0 Å². The van der Waals surface area contributed by atoms with E-state index in [-0.39, 0.29) is 0 Å². The highest BCUT2D eigenvalue weighted by Crippen LogP contribution is 2.17. The molecule has 0 unspecified atom stereocenters. The van der Waals surface area contributed by atoms with Gasteiger partial charge in [0.15, 0.2) is 5.82 Å². The van der Waals surface area contributed by atoms with E-state index in [2.05, 4.69) is 45.0 Å². The number of hydrogen-bond donors (Lipinski definition) is 1. The van der Waals surface area contributed by atoms with Crippen LogP contribution in [0.25, 0.3) is 0 Å². The number of aryl methyl sites for hydroxylation is 2. The van der Waals surface area contributed by atoms with E-state index in [0.29, 0.717) is 12.1 Å². The summed E-state index contributed by atoms with van der Waals surface area (Å²) in [6.45, 7) is 5.19. The monoisotopic (exact) mass is 271 g/mol. The van der Waals surface area contributed by atoms with Crippen LogP contribution in [0, 0.1) is 0 Å². The van der Waals surface area contributed by atoms with Gasteiger partial charge in [0.1, 0.15) is 5.82 Å². The molecule has 0 radical (unpaired) electrons. The topological polar surface area (TPSA) is 55.6 Å². The van der Waals surface area contributed by atoms with Crippen LogP contribution in [0.2, 0.25) is 0 Å². The van der Waals surface area contributed by atoms with Gasteiger partial charge in [-0.3, -0.25) is 4.98 Å². The van der Waals surface area contributed by atoms with Crippen molar-refractivity contribution in [1.29, 1.82) is 0 Å². The molecule has 1 aliphatic rings. The molecule has 106 valence electrons. The van der Waals surface area contributed by atoms with Gasteiger partial charge >= 0.3 is 0 Å². The van der Waals surface area contributed by atoms with Crippen LogP contribution in [0.15, 0.2) is 24.5 Å². The predicted octanol–water partition coefficient (Wildman–Crippen LogP) is 1.90. The Bertz CT molecular complexity index is 563. The number of fused-ring (bicyclic) bond motifs is 1. The minimum Gasteiger partial charge on any atom is -0.306 e. The first-order valence-electron chi connectivity index (χ1n) is 7.35. The normalized spacial score (nSPS) is 19.6. The maximum absolute atomic E-state index is 4.56. The third-order valence-electron chi connectivity index (χ3n) is 3.89. The summed E-state index contributed by atoms with van der Waals surface area (Å²) in [5.41, 5.74) is 1.23. The molecular weight excluding hydrogens is 250 g/mol. The molecule has 3 rings (SSSR count). The van der Waals surface area contributed by atoms with Crippen molar-refractivity contribution < 1.29 is 0 Å². The van der Waals surface area contributed by atoms with Crippen LogP contribution in [-0.4, -0.2) is 25.8 Å². The number of nitrogens with one attached hydrogen (secondary N) is 1. The van der Waals surface area contributed by atoms with Crippen LogP contribution < -0.4 is 5.32 Å². The lowest BCUT2D eigenvalue weighted by Crippen LogP contribution is -2.39. The lowest BCUT2D eigenvalue weighted by molar-refractivity contribution is 0.334. The zero-order valence-corrected chi connectivity index (χ0v) is 12.1. The van der Waals surface area contributed by atoms with E-state index in [4.69, 9.17) is 0 Å². The second kappa shape index (κ2) is 5.71. The van der Waals surface area contributed by atoms with E-state index in [1.165, 1.54) is 5.56 Å². The minimum absolute atomic E-state index is 0.310.